The van der Waals surface area contributed by atoms with E-state index in [-0.39, 0.29) is 23.4 Å². The molecule has 0 aromatic heterocycles. The van der Waals surface area contributed by atoms with Crippen LogP contribution in [0.4, 0.5) is 0 Å². The van der Waals surface area contributed by atoms with Gasteiger partial charge in [-0.25, -0.2) is 0 Å². The molecule has 0 spiro atoms. The molecule has 166 valence electrons. The highest BCUT2D eigenvalue weighted by Crippen LogP contribution is 2.47. The van der Waals surface area contributed by atoms with Gasteiger partial charge in [-0.3, -0.25) is 0 Å². The predicted octanol–water partition coefficient (Wildman–Crippen LogP) is 7.95. The van der Waals surface area contributed by atoms with Crippen molar-refractivity contribution in [3.63, 3.8) is 0 Å². The van der Waals surface area contributed by atoms with Gasteiger partial charge in [0, 0.05) is 33.5 Å². The number of hydrogen-bond donors (Lipinski definition) is 1. The molecule has 4 heteroatoms. The van der Waals surface area contributed by atoms with Crippen molar-refractivity contribution in [3.8, 4) is 0 Å². The predicted molar refractivity (Wildman–Crippen MR) is 133 cm³/mol. The summed E-state index contributed by atoms with van der Waals surface area (Å²) >= 11 is 12.6. The van der Waals surface area contributed by atoms with Crippen molar-refractivity contribution in [2.75, 3.05) is 6.61 Å². The summed E-state index contributed by atoms with van der Waals surface area (Å²) in [7, 11) is 0. The first kappa shape index (κ1) is 23.9. The van der Waals surface area contributed by atoms with Crippen LogP contribution in [0.5, 0.6) is 0 Å². The van der Waals surface area contributed by atoms with Crippen LogP contribution in [0.3, 0.4) is 0 Å². The van der Waals surface area contributed by atoms with Gasteiger partial charge < -0.3 is 10.1 Å². The number of benzene rings is 2. The van der Waals surface area contributed by atoms with Gasteiger partial charge in [-0.2, -0.15) is 0 Å². The second kappa shape index (κ2) is 10.3. The summed E-state index contributed by atoms with van der Waals surface area (Å²) in [5.41, 5.74) is 2.16. The Morgan fingerprint density at radius 2 is 1.84 bits per heavy atom. The summed E-state index contributed by atoms with van der Waals surface area (Å²) in [6.45, 7) is 15.6. The standard InChI is InChI=1S/C27H33Cl2NO/c1-6-14-27(5)16-24(21-8-7-9-23(29)15-21)26(20-10-12-22(28)13-11-20)30-25(18(2)3)17-31-19(27)4/h6-13,15,18,24-26,30H,1,4,14,16-17H2,2-3,5H3/t24-,25-,26-,27+/m1/s1. The Morgan fingerprint density at radius 3 is 2.45 bits per heavy atom. The second-order valence-electron chi connectivity index (χ2n) is 9.20. The second-order valence-corrected chi connectivity index (χ2v) is 10.1. The summed E-state index contributed by atoms with van der Waals surface area (Å²) in [5, 5.41) is 5.40. The fourth-order valence-corrected chi connectivity index (χ4v) is 4.75. The molecule has 2 aromatic rings. The van der Waals surface area contributed by atoms with Gasteiger partial charge in [-0.1, -0.05) is 80.9 Å². The third-order valence-electron chi connectivity index (χ3n) is 6.48. The molecule has 2 aromatic carbocycles. The van der Waals surface area contributed by atoms with Crippen molar-refractivity contribution in [2.24, 2.45) is 11.3 Å². The van der Waals surface area contributed by atoms with Gasteiger partial charge >= 0.3 is 0 Å². The molecule has 3 rings (SSSR count). The Bertz CT molecular complexity index is 908. The highest BCUT2D eigenvalue weighted by Gasteiger charge is 2.39. The number of ether oxygens (including phenoxy) is 1. The van der Waals surface area contributed by atoms with Crippen molar-refractivity contribution in [2.45, 2.75) is 51.6 Å². The number of halogens is 2. The van der Waals surface area contributed by atoms with Crippen molar-refractivity contribution in [1.29, 1.82) is 0 Å². The third-order valence-corrected chi connectivity index (χ3v) is 6.97. The lowest BCUT2D eigenvalue weighted by Gasteiger charge is -2.37. The Kier molecular flexibility index (Phi) is 7.91. The van der Waals surface area contributed by atoms with E-state index in [0.717, 1.165) is 28.6 Å². The lowest BCUT2D eigenvalue weighted by Crippen LogP contribution is -2.41. The summed E-state index contributed by atoms with van der Waals surface area (Å²) < 4.78 is 6.26. The molecule has 0 radical (unpaired) electrons. The first-order valence-corrected chi connectivity index (χ1v) is 11.7. The maximum absolute atomic E-state index is 6.43. The number of hydrogen-bond acceptors (Lipinski definition) is 2. The lowest BCUT2D eigenvalue weighted by atomic mass is 9.71. The largest absolute Gasteiger partial charge is 0.496 e. The normalized spacial score (nSPS) is 27.2. The molecule has 0 aliphatic carbocycles. The molecule has 31 heavy (non-hydrogen) atoms. The molecule has 1 aliphatic rings. The van der Waals surface area contributed by atoms with E-state index in [1.54, 1.807) is 0 Å². The van der Waals surface area contributed by atoms with Gasteiger partial charge in [-0.15, -0.1) is 6.58 Å². The quantitative estimate of drug-likeness (QED) is 0.459. The fourth-order valence-electron chi connectivity index (χ4n) is 4.42. The van der Waals surface area contributed by atoms with Crippen LogP contribution in [0.15, 0.2) is 73.5 Å². The molecule has 1 aliphatic heterocycles. The summed E-state index contributed by atoms with van der Waals surface area (Å²) in [5.74, 6) is 1.37. The average molecular weight is 458 g/mol. The van der Waals surface area contributed by atoms with E-state index >= 15 is 0 Å². The maximum Gasteiger partial charge on any atom is 0.103 e. The monoisotopic (exact) mass is 457 g/mol. The molecular weight excluding hydrogens is 425 g/mol. The first-order chi connectivity index (χ1) is 14.7. The smallest absolute Gasteiger partial charge is 0.103 e. The highest BCUT2D eigenvalue weighted by atomic mass is 35.5. The SMILES string of the molecule is C=CC[C@@]1(C)C[C@H](c2cccc(Cl)c2)[C@@H](c2ccc(Cl)cc2)N[C@@H](C(C)C)COC1=C. The van der Waals surface area contributed by atoms with E-state index in [1.807, 2.05) is 30.3 Å². The van der Waals surface area contributed by atoms with Crippen LogP contribution in [0.1, 0.15) is 56.7 Å². The summed E-state index contributed by atoms with van der Waals surface area (Å²) in [4.78, 5) is 0. The van der Waals surface area contributed by atoms with Crippen LogP contribution in [0, 0.1) is 11.3 Å². The Balaban J connectivity index is 2.17. The van der Waals surface area contributed by atoms with Gasteiger partial charge in [0.25, 0.3) is 0 Å². The topological polar surface area (TPSA) is 21.3 Å². The fraction of sp³-hybridized carbons (Fsp3) is 0.407. The molecule has 0 bridgehead atoms. The number of nitrogens with one attached hydrogen (secondary N) is 1. The van der Waals surface area contributed by atoms with Gasteiger partial charge in [0.2, 0.25) is 0 Å². The van der Waals surface area contributed by atoms with Crippen LogP contribution in [0.2, 0.25) is 10.0 Å². The van der Waals surface area contributed by atoms with Crippen molar-refractivity contribution in [1.82, 2.24) is 5.32 Å². The highest BCUT2D eigenvalue weighted by molar-refractivity contribution is 6.30. The minimum atomic E-state index is -0.243. The van der Waals surface area contributed by atoms with Gasteiger partial charge in [0.05, 0.1) is 5.76 Å². The van der Waals surface area contributed by atoms with E-state index < -0.39 is 0 Å². The van der Waals surface area contributed by atoms with Crippen molar-refractivity contribution in [3.05, 3.63) is 94.7 Å². The van der Waals surface area contributed by atoms with Gasteiger partial charge in [0.15, 0.2) is 0 Å². The molecule has 2 nitrogen and oxygen atoms in total. The zero-order valence-corrected chi connectivity index (χ0v) is 20.2. The lowest BCUT2D eigenvalue weighted by molar-refractivity contribution is 0.110. The van der Waals surface area contributed by atoms with E-state index in [0.29, 0.717) is 12.5 Å². The van der Waals surface area contributed by atoms with E-state index in [2.05, 4.69) is 63.5 Å². The zero-order chi connectivity index (χ0) is 22.6. The van der Waals surface area contributed by atoms with E-state index in [9.17, 15) is 0 Å². The van der Waals surface area contributed by atoms with Gasteiger partial charge in [-0.05, 0) is 54.2 Å². The van der Waals surface area contributed by atoms with Crippen LogP contribution < -0.4 is 5.32 Å². The first-order valence-electron chi connectivity index (χ1n) is 10.9. The van der Waals surface area contributed by atoms with Crippen LogP contribution in [-0.4, -0.2) is 12.6 Å². The van der Waals surface area contributed by atoms with Crippen LogP contribution >= 0.6 is 23.2 Å². The Labute approximate surface area is 197 Å². The minimum Gasteiger partial charge on any atom is -0.496 e. The molecule has 1 saturated heterocycles. The molecule has 0 unspecified atom stereocenters. The van der Waals surface area contributed by atoms with Crippen LogP contribution in [-0.2, 0) is 4.74 Å². The van der Waals surface area contributed by atoms with Crippen molar-refractivity contribution < 1.29 is 4.74 Å². The number of allylic oxidation sites excluding steroid dienone is 2. The van der Waals surface area contributed by atoms with Crippen molar-refractivity contribution >= 4 is 23.2 Å². The molecule has 4 atom stereocenters. The maximum atomic E-state index is 6.43. The summed E-state index contributed by atoms with van der Waals surface area (Å²) in [6, 6.07) is 16.6. The van der Waals surface area contributed by atoms with E-state index in [4.69, 9.17) is 27.9 Å². The van der Waals surface area contributed by atoms with Gasteiger partial charge in [0.1, 0.15) is 6.61 Å². The third kappa shape index (κ3) is 5.74. The molecule has 0 amide bonds. The molecule has 0 saturated carbocycles. The molecular formula is C27H33Cl2NO. The number of rotatable bonds is 5. The molecule has 1 heterocycles. The minimum absolute atomic E-state index is 0.0711. The molecule has 1 fully saturated rings. The molecule has 1 N–H and O–H groups in total. The van der Waals surface area contributed by atoms with E-state index in [1.165, 1.54) is 11.1 Å². The zero-order valence-electron chi connectivity index (χ0n) is 18.7. The Morgan fingerprint density at radius 1 is 1.13 bits per heavy atom. The van der Waals surface area contributed by atoms with Crippen LogP contribution in [0.25, 0.3) is 0 Å². The summed E-state index contributed by atoms with van der Waals surface area (Å²) in [6.07, 6.45) is 3.61. The average Bonchev–Trinajstić information content (AvgIpc) is 2.78. The Hall–Kier alpha value is -1.74.